The maximum absolute atomic E-state index is 5.65. The number of anilines is 1. The minimum atomic E-state index is 0.211. The molecule has 0 saturated heterocycles. The number of hydrogen-bond acceptors (Lipinski definition) is 4. The smallest absolute Gasteiger partial charge is 0.223 e. The molecule has 2 aromatic rings. The molecule has 0 aliphatic rings. The summed E-state index contributed by atoms with van der Waals surface area (Å²) in [7, 11) is 0. The van der Waals surface area contributed by atoms with E-state index in [0.717, 1.165) is 11.3 Å². The highest BCUT2D eigenvalue weighted by Crippen LogP contribution is 2.12. The van der Waals surface area contributed by atoms with Gasteiger partial charge in [0.25, 0.3) is 0 Å². The lowest BCUT2D eigenvalue weighted by Gasteiger charge is -2.03. The molecule has 0 radical (unpaired) electrons. The molecular formula is C17H19N3O. The Hall–Kier alpha value is -2.62. The zero-order valence-corrected chi connectivity index (χ0v) is 12.3. The Balaban J connectivity index is 2.05. The lowest BCUT2D eigenvalue weighted by atomic mass is 10.1. The molecule has 2 N–H and O–H groups in total. The normalized spacial score (nSPS) is 11.3. The molecule has 0 aliphatic heterocycles. The molecule has 0 aliphatic carbocycles. The highest BCUT2D eigenvalue weighted by molar-refractivity contribution is 5.56. The number of rotatable bonds is 5. The predicted octanol–water partition coefficient (Wildman–Crippen LogP) is 3.49. The number of hydrogen-bond donors (Lipinski definition) is 1. The van der Waals surface area contributed by atoms with Crippen molar-refractivity contribution in [1.29, 1.82) is 0 Å². The van der Waals surface area contributed by atoms with Crippen molar-refractivity contribution in [3.05, 3.63) is 59.3 Å². The van der Waals surface area contributed by atoms with E-state index in [9.17, 15) is 0 Å². The number of aromatic nitrogens is 2. The molecule has 0 spiro atoms. The first kappa shape index (κ1) is 14.8. The number of aryl methyl sites for hydroxylation is 1. The van der Waals surface area contributed by atoms with Crippen molar-refractivity contribution >= 4 is 18.1 Å². The Labute approximate surface area is 125 Å². The second-order valence-electron chi connectivity index (χ2n) is 4.55. The van der Waals surface area contributed by atoms with Gasteiger partial charge in [-0.15, -0.1) is 0 Å². The van der Waals surface area contributed by atoms with Gasteiger partial charge in [0.2, 0.25) is 11.8 Å². The van der Waals surface area contributed by atoms with Crippen molar-refractivity contribution in [2.75, 3.05) is 12.3 Å². The zero-order valence-electron chi connectivity index (χ0n) is 12.3. The molecule has 4 nitrogen and oxygen atoms in total. The number of benzene rings is 1. The van der Waals surface area contributed by atoms with E-state index in [2.05, 4.69) is 41.2 Å². The van der Waals surface area contributed by atoms with E-state index in [-0.39, 0.29) is 5.95 Å². The van der Waals surface area contributed by atoms with Crippen LogP contribution in [0.3, 0.4) is 0 Å². The number of nitrogens with two attached hydrogens (primary N) is 1. The average molecular weight is 281 g/mol. The van der Waals surface area contributed by atoms with Crippen LogP contribution in [-0.4, -0.2) is 16.6 Å². The van der Waals surface area contributed by atoms with E-state index in [4.69, 9.17) is 10.5 Å². The molecule has 0 bridgehead atoms. The number of ether oxygens (including phenoxy) is 1. The standard InChI is InChI=1S/C17H19N3O/c1-3-21-16-12-15(19-17(18)20-16)7-5-4-6-14-10-8-13(2)9-11-14/h4-12H,3H2,1-2H3,(H2,18,19,20)/b6-4+,7-5+. The van der Waals surface area contributed by atoms with E-state index in [1.807, 2.05) is 31.2 Å². The zero-order chi connectivity index (χ0) is 15.1. The lowest BCUT2D eigenvalue weighted by Crippen LogP contribution is -2.01. The molecular weight excluding hydrogens is 262 g/mol. The van der Waals surface area contributed by atoms with Crippen LogP contribution in [0.1, 0.15) is 23.7 Å². The number of nitrogen functional groups attached to an aromatic ring is 1. The van der Waals surface area contributed by atoms with Crippen molar-refractivity contribution < 1.29 is 4.74 Å². The van der Waals surface area contributed by atoms with Gasteiger partial charge in [0.1, 0.15) is 0 Å². The second kappa shape index (κ2) is 7.24. The van der Waals surface area contributed by atoms with Crippen molar-refractivity contribution in [3.8, 4) is 5.88 Å². The highest BCUT2D eigenvalue weighted by Gasteiger charge is 1.99. The SMILES string of the molecule is CCOc1cc(/C=C/C=C/c2ccc(C)cc2)nc(N)n1. The second-order valence-corrected chi connectivity index (χ2v) is 4.55. The Morgan fingerprint density at radius 1 is 1.10 bits per heavy atom. The van der Waals surface area contributed by atoms with Crippen LogP contribution in [0.5, 0.6) is 5.88 Å². The van der Waals surface area contributed by atoms with E-state index in [1.54, 1.807) is 6.07 Å². The monoisotopic (exact) mass is 281 g/mol. The molecule has 0 saturated carbocycles. The van der Waals surface area contributed by atoms with Gasteiger partial charge in [0.15, 0.2) is 0 Å². The third kappa shape index (κ3) is 4.76. The Kier molecular flexibility index (Phi) is 5.10. The third-order valence-electron chi connectivity index (χ3n) is 2.78. The van der Waals surface area contributed by atoms with Crippen LogP contribution in [0.15, 0.2) is 42.5 Å². The van der Waals surface area contributed by atoms with E-state index >= 15 is 0 Å². The summed E-state index contributed by atoms with van der Waals surface area (Å²) in [6, 6.07) is 10.1. The Bertz CT molecular complexity index is 646. The van der Waals surface area contributed by atoms with Gasteiger partial charge in [-0.05, 0) is 25.5 Å². The van der Waals surface area contributed by atoms with Crippen LogP contribution in [0.2, 0.25) is 0 Å². The summed E-state index contributed by atoms with van der Waals surface area (Å²) < 4.78 is 5.33. The van der Waals surface area contributed by atoms with Gasteiger partial charge in [0, 0.05) is 6.07 Å². The van der Waals surface area contributed by atoms with Crippen LogP contribution >= 0.6 is 0 Å². The van der Waals surface area contributed by atoms with Gasteiger partial charge in [-0.2, -0.15) is 4.98 Å². The van der Waals surface area contributed by atoms with E-state index in [1.165, 1.54) is 5.56 Å². The van der Waals surface area contributed by atoms with E-state index in [0.29, 0.717) is 12.5 Å². The molecule has 4 heteroatoms. The summed E-state index contributed by atoms with van der Waals surface area (Å²) >= 11 is 0. The van der Waals surface area contributed by atoms with Gasteiger partial charge in [-0.25, -0.2) is 4.98 Å². The van der Waals surface area contributed by atoms with Gasteiger partial charge >= 0.3 is 0 Å². The van der Waals surface area contributed by atoms with Crippen molar-refractivity contribution in [1.82, 2.24) is 9.97 Å². The van der Waals surface area contributed by atoms with Crippen molar-refractivity contribution in [3.63, 3.8) is 0 Å². The molecule has 2 rings (SSSR count). The Morgan fingerprint density at radius 2 is 1.81 bits per heavy atom. The molecule has 0 amide bonds. The van der Waals surface area contributed by atoms with Crippen LogP contribution in [0.25, 0.3) is 12.2 Å². The topological polar surface area (TPSA) is 61.0 Å². The fourth-order valence-electron chi connectivity index (χ4n) is 1.77. The highest BCUT2D eigenvalue weighted by atomic mass is 16.5. The maximum atomic E-state index is 5.65. The summed E-state index contributed by atoms with van der Waals surface area (Å²) in [6.07, 6.45) is 7.77. The average Bonchev–Trinajstić information content (AvgIpc) is 2.45. The van der Waals surface area contributed by atoms with Crippen molar-refractivity contribution in [2.45, 2.75) is 13.8 Å². The summed E-state index contributed by atoms with van der Waals surface area (Å²) in [5, 5.41) is 0. The summed E-state index contributed by atoms with van der Waals surface area (Å²) in [6.45, 7) is 4.52. The number of allylic oxidation sites excluding steroid dienone is 2. The van der Waals surface area contributed by atoms with Gasteiger partial charge in [0.05, 0.1) is 12.3 Å². The van der Waals surface area contributed by atoms with Gasteiger partial charge < -0.3 is 10.5 Å². The molecule has 0 unspecified atom stereocenters. The van der Waals surface area contributed by atoms with Gasteiger partial charge in [-0.3, -0.25) is 0 Å². The number of nitrogens with zero attached hydrogens (tertiary/aromatic N) is 2. The summed E-state index contributed by atoms with van der Waals surface area (Å²) in [4.78, 5) is 8.14. The van der Waals surface area contributed by atoms with Crippen LogP contribution in [0.4, 0.5) is 5.95 Å². The fraction of sp³-hybridized carbons (Fsp3) is 0.176. The van der Waals surface area contributed by atoms with Crippen molar-refractivity contribution in [2.24, 2.45) is 0 Å². The minimum absolute atomic E-state index is 0.211. The van der Waals surface area contributed by atoms with Crippen LogP contribution in [0, 0.1) is 6.92 Å². The van der Waals surface area contributed by atoms with Crippen LogP contribution in [-0.2, 0) is 0 Å². The molecule has 1 heterocycles. The largest absolute Gasteiger partial charge is 0.478 e. The first-order chi connectivity index (χ1) is 10.2. The molecule has 1 aromatic heterocycles. The summed E-state index contributed by atoms with van der Waals surface area (Å²) in [5.74, 6) is 0.704. The lowest BCUT2D eigenvalue weighted by molar-refractivity contribution is 0.326. The predicted molar refractivity (Wildman–Crippen MR) is 86.9 cm³/mol. The maximum Gasteiger partial charge on any atom is 0.223 e. The fourth-order valence-corrected chi connectivity index (χ4v) is 1.77. The third-order valence-corrected chi connectivity index (χ3v) is 2.78. The molecule has 0 atom stereocenters. The Morgan fingerprint density at radius 3 is 2.52 bits per heavy atom. The quantitative estimate of drug-likeness (QED) is 0.852. The first-order valence-electron chi connectivity index (χ1n) is 6.86. The molecule has 108 valence electrons. The minimum Gasteiger partial charge on any atom is -0.478 e. The molecule has 21 heavy (non-hydrogen) atoms. The van der Waals surface area contributed by atoms with Crippen LogP contribution < -0.4 is 10.5 Å². The molecule has 1 aromatic carbocycles. The summed E-state index contributed by atoms with van der Waals surface area (Å²) in [5.41, 5.74) is 8.77. The van der Waals surface area contributed by atoms with E-state index < -0.39 is 0 Å². The first-order valence-corrected chi connectivity index (χ1v) is 6.86. The van der Waals surface area contributed by atoms with Gasteiger partial charge in [-0.1, -0.05) is 48.1 Å². The molecule has 0 fully saturated rings.